The summed E-state index contributed by atoms with van der Waals surface area (Å²) in [6.07, 6.45) is 0. The first-order chi connectivity index (χ1) is 17.1. The van der Waals surface area contributed by atoms with E-state index in [-0.39, 0.29) is 6.04 Å². The van der Waals surface area contributed by atoms with Crippen LogP contribution in [0, 0.1) is 6.92 Å². The fourth-order valence-corrected chi connectivity index (χ4v) is 6.80. The van der Waals surface area contributed by atoms with Gasteiger partial charge in [0.1, 0.15) is 0 Å². The molecule has 5 aromatic carbocycles. The molecule has 0 aromatic heterocycles. The minimum atomic E-state index is -3.14. The van der Waals surface area contributed by atoms with E-state index in [1.54, 1.807) is 0 Å². The average Bonchev–Trinajstić information content (AvgIpc) is 2.94. The monoisotopic (exact) mass is 473 g/mol. The van der Waals surface area contributed by atoms with Gasteiger partial charge in [0.05, 0.1) is 6.04 Å². The van der Waals surface area contributed by atoms with Gasteiger partial charge in [0.2, 0.25) is 7.29 Å². The summed E-state index contributed by atoms with van der Waals surface area (Å²) in [5, 5.41) is 5.22. The molecule has 1 N–H and O–H groups in total. The lowest BCUT2D eigenvalue weighted by Gasteiger charge is -2.28. The molecule has 0 fully saturated rings. The molecule has 0 saturated heterocycles. The van der Waals surface area contributed by atoms with E-state index in [9.17, 15) is 4.57 Å². The van der Waals surface area contributed by atoms with Gasteiger partial charge in [0, 0.05) is 10.6 Å². The smallest absolute Gasteiger partial charge is 0.205 e. The van der Waals surface area contributed by atoms with Gasteiger partial charge in [-0.1, -0.05) is 121 Å². The molecule has 0 spiro atoms. The number of rotatable bonds is 7. The van der Waals surface area contributed by atoms with Crippen molar-refractivity contribution < 1.29 is 4.57 Å². The second-order valence-electron chi connectivity index (χ2n) is 8.74. The summed E-state index contributed by atoms with van der Waals surface area (Å²) >= 11 is 0. The van der Waals surface area contributed by atoms with Crippen LogP contribution in [0.1, 0.15) is 22.7 Å². The van der Waals surface area contributed by atoms with E-state index in [2.05, 4.69) is 84.8 Å². The highest BCUT2D eigenvalue weighted by Crippen LogP contribution is 2.43. The van der Waals surface area contributed by atoms with Gasteiger partial charge in [0.15, 0.2) is 0 Å². The van der Waals surface area contributed by atoms with Gasteiger partial charge in [-0.05, 0) is 53.4 Å². The molecular formula is C32H28NOP. The van der Waals surface area contributed by atoms with Crippen LogP contribution in [0.4, 0.5) is 0 Å². The molecule has 0 aliphatic carbocycles. The second kappa shape index (κ2) is 10.3. The van der Waals surface area contributed by atoms with E-state index in [4.69, 9.17) is 0 Å². The maximum atomic E-state index is 14.8. The molecule has 0 heterocycles. The summed E-state index contributed by atoms with van der Waals surface area (Å²) in [6.45, 7) is 2.08. The van der Waals surface area contributed by atoms with Crippen LogP contribution in [0.25, 0.3) is 11.1 Å². The van der Waals surface area contributed by atoms with Crippen LogP contribution in [0.5, 0.6) is 0 Å². The van der Waals surface area contributed by atoms with Crippen molar-refractivity contribution in [3.05, 3.63) is 156 Å². The highest BCUT2D eigenvalue weighted by molar-refractivity contribution is 7.76. The summed E-state index contributed by atoms with van der Waals surface area (Å²) in [5.74, 6) is 0. The summed E-state index contributed by atoms with van der Waals surface area (Å²) in [4.78, 5) is 0. The molecule has 0 radical (unpaired) electrons. The van der Waals surface area contributed by atoms with Gasteiger partial charge in [0.25, 0.3) is 0 Å². The minimum absolute atomic E-state index is 0.244. The molecule has 0 bridgehead atoms. The third kappa shape index (κ3) is 5.05. The van der Waals surface area contributed by atoms with E-state index in [0.29, 0.717) is 0 Å². The van der Waals surface area contributed by atoms with Gasteiger partial charge in [-0.15, -0.1) is 0 Å². The molecule has 0 amide bonds. The van der Waals surface area contributed by atoms with Crippen molar-refractivity contribution in [3.8, 4) is 11.1 Å². The van der Waals surface area contributed by atoms with Crippen LogP contribution in [0.2, 0.25) is 0 Å². The summed E-state index contributed by atoms with van der Waals surface area (Å²) in [5.41, 5.74) is 5.68. The van der Waals surface area contributed by atoms with Crippen LogP contribution in [0.3, 0.4) is 0 Å². The molecule has 0 aliphatic rings. The minimum Gasteiger partial charge on any atom is -0.296 e. The van der Waals surface area contributed by atoms with Crippen LogP contribution in [-0.4, -0.2) is 0 Å². The Morgan fingerprint density at radius 2 is 0.914 bits per heavy atom. The first-order valence-corrected chi connectivity index (χ1v) is 13.6. The molecule has 0 saturated carbocycles. The summed E-state index contributed by atoms with van der Waals surface area (Å²) in [6, 6.07) is 46.6. The summed E-state index contributed by atoms with van der Waals surface area (Å²) in [7, 11) is -3.14. The van der Waals surface area contributed by atoms with Gasteiger partial charge in [-0.3, -0.25) is 4.57 Å². The Labute approximate surface area is 207 Å². The van der Waals surface area contributed by atoms with Gasteiger partial charge >= 0.3 is 0 Å². The largest absolute Gasteiger partial charge is 0.296 e. The lowest BCUT2D eigenvalue weighted by atomic mass is 9.96. The Morgan fingerprint density at radius 3 is 1.40 bits per heavy atom. The summed E-state index contributed by atoms with van der Waals surface area (Å²) < 4.78 is 14.8. The molecule has 2 nitrogen and oxygen atoms in total. The Kier molecular flexibility index (Phi) is 6.77. The quantitative estimate of drug-likeness (QED) is 0.252. The number of benzene rings is 5. The maximum Gasteiger partial charge on any atom is 0.205 e. The SMILES string of the molecule is Cc1ccc([C@H](NP(=O)(c2ccccc2)c2ccccc2)c2ccc(-c3ccccc3)cc2)cc1. The van der Waals surface area contributed by atoms with Crippen molar-refractivity contribution in [1.29, 1.82) is 0 Å². The molecule has 0 unspecified atom stereocenters. The van der Waals surface area contributed by atoms with E-state index >= 15 is 0 Å². The Balaban J connectivity index is 1.60. The van der Waals surface area contributed by atoms with Crippen LogP contribution in [0.15, 0.2) is 140 Å². The van der Waals surface area contributed by atoms with Gasteiger partial charge in [-0.2, -0.15) is 0 Å². The van der Waals surface area contributed by atoms with Crippen molar-refractivity contribution in [3.63, 3.8) is 0 Å². The first-order valence-electron chi connectivity index (χ1n) is 11.8. The van der Waals surface area contributed by atoms with Crippen molar-refractivity contribution in [2.24, 2.45) is 0 Å². The third-order valence-electron chi connectivity index (χ3n) is 6.31. The molecule has 1 atom stereocenters. The van der Waals surface area contributed by atoms with Crippen LogP contribution < -0.4 is 15.7 Å². The van der Waals surface area contributed by atoms with Crippen molar-refractivity contribution in [1.82, 2.24) is 5.09 Å². The molecule has 172 valence electrons. The standard InChI is InChI=1S/C32H28NOP/c1-25-17-19-28(20-18-25)32(29-23-21-27(22-24-29)26-11-5-2-6-12-26)33-35(34,30-13-7-3-8-14-30)31-15-9-4-10-16-31/h2-24,32H,1H3,(H,33,34)/t32-/m0/s1. The van der Waals surface area contributed by atoms with E-state index < -0.39 is 7.29 Å². The van der Waals surface area contributed by atoms with E-state index in [0.717, 1.165) is 27.3 Å². The van der Waals surface area contributed by atoms with Gasteiger partial charge in [-0.25, -0.2) is 5.09 Å². The number of hydrogen-bond donors (Lipinski definition) is 1. The van der Waals surface area contributed by atoms with Crippen molar-refractivity contribution in [2.75, 3.05) is 0 Å². The first kappa shape index (κ1) is 23.1. The average molecular weight is 474 g/mol. The normalized spacial score (nSPS) is 12.3. The van der Waals surface area contributed by atoms with Gasteiger partial charge < -0.3 is 0 Å². The lowest BCUT2D eigenvalue weighted by molar-refractivity contribution is 0.572. The molecule has 0 aliphatic heterocycles. The highest BCUT2D eigenvalue weighted by Gasteiger charge is 2.31. The predicted octanol–water partition coefficient (Wildman–Crippen LogP) is 7.27. The van der Waals surface area contributed by atoms with E-state index in [1.165, 1.54) is 11.1 Å². The number of hydrogen-bond acceptors (Lipinski definition) is 1. The molecule has 3 heteroatoms. The fraction of sp³-hybridized carbons (Fsp3) is 0.0625. The third-order valence-corrected chi connectivity index (χ3v) is 8.98. The van der Waals surface area contributed by atoms with Crippen LogP contribution in [-0.2, 0) is 4.57 Å². The van der Waals surface area contributed by atoms with Crippen molar-refractivity contribution in [2.45, 2.75) is 13.0 Å². The zero-order valence-electron chi connectivity index (χ0n) is 19.7. The van der Waals surface area contributed by atoms with E-state index in [1.807, 2.05) is 66.7 Å². The molecule has 5 aromatic rings. The Bertz CT molecular complexity index is 1370. The topological polar surface area (TPSA) is 29.1 Å². The lowest BCUT2D eigenvalue weighted by Crippen LogP contribution is -2.31. The Morgan fingerprint density at radius 1 is 0.514 bits per heavy atom. The fourth-order valence-electron chi connectivity index (χ4n) is 4.35. The predicted molar refractivity (Wildman–Crippen MR) is 148 cm³/mol. The Hall–Kier alpha value is -3.71. The molecular weight excluding hydrogens is 445 g/mol. The van der Waals surface area contributed by atoms with Crippen molar-refractivity contribution >= 4 is 17.9 Å². The number of nitrogens with one attached hydrogen (secondary N) is 1. The zero-order chi connectivity index (χ0) is 24.1. The number of aryl methyl sites for hydroxylation is 1. The zero-order valence-corrected chi connectivity index (χ0v) is 20.6. The molecule has 35 heavy (non-hydrogen) atoms. The molecule has 5 rings (SSSR count). The highest BCUT2D eigenvalue weighted by atomic mass is 31.2. The maximum absolute atomic E-state index is 14.8. The van der Waals surface area contributed by atoms with Crippen LogP contribution >= 0.6 is 7.29 Å². The second-order valence-corrected chi connectivity index (χ2v) is 11.3.